The Morgan fingerprint density at radius 3 is 2.56 bits per heavy atom. The summed E-state index contributed by atoms with van der Waals surface area (Å²) in [7, 11) is 0. The van der Waals surface area contributed by atoms with E-state index in [9.17, 15) is 18.4 Å². The van der Waals surface area contributed by atoms with Crippen LogP contribution in [0.2, 0.25) is 0 Å². The van der Waals surface area contributed by atoms with Crippen LogP contribution < -0.4 is 10.2 Å². The number of carbonyl (C=O) groups is 2. The largest absolute Gasteiger partial charge is 0.323 e. The summed E-state index contributed by atoms with van der Waals surface area (Å²) in [5.74, 6) is -0.438. The number of halogens is 2. The Hall–Kier alpha value is -3.39. The molecule has 2 aliphatic rings. The molecule has 3 amide bonds. The second kappa shape index (κ2) is 7.94. The van der Waals surface area contributed by atoms with Crippen LogP contribution in [0.25, 0.3) is 0 Å². The number of carbonyl (C=O) groups excluding carboxylic acids is 2. The van der Waals surface area contributed by atoms with Gasteiger partial charge in [0.25, 0.3) is 5.91 Å². The number of fused-ring (bicyclic) bond motifs is 2. The van der Waals surface area contributed by atoms with Crippen LogP contribution in [0.15, 0.2) is 72.8 Å². The third kappa shape index (κ3) is 3.31. The van der Waals surface area contributed by atoms with Crippen molar-refractivity contribution in [3.63, 3.8) is 0 Å². The first-order valence-corrected chi connectivity index (χ1v) is 11.1. The van der Waals surface area contributed by atoms with Crippen molar-refractivity contribution in [2.75, 3.05) is 22.5 Å². The Morgan fingerprint density at radius 1 is 1.00 bits per heavy atom. The minimum Gasteiger partial charge on any atom is -0.308 e. The Kier molecular flexibility index (Phi) is 5.09. The van der Waals surface area contributed by atoms with Gasteiger partial charge in [-0.2, -0.15) is 0 Å². The zero-order valence-electron chi connectivity index (χ0n) is 16.9. The summed E-state index contributed by atoms with van der Waals surface area (Å²) in [6.07, 6.45) is 0. The Morgan fingerprint density at radius 2 is 1.78 bits per heavy atom. The first-order valence-electron chi connectivity index (χ1n) is 10.1. The molecule has 0 saturated carbocycles. The van der Waals surface area contributed by atoms with Crippen LogP contribution in [0.1, 0.15) is 11.1 Å². The van der Waals surface area contributed by atoms with Crippen LogP contribution >= 0.6 is 11.8 Å². The van der Waals surface area contributed by atoms with E-state index in [2.05, 4.69) is 5.32 Å². The van der Waals surface area contributed by atoms with Crippen molar-refractivity contribution in [3.05, 3.63) is 95.6 Å². The van der Waals surface area contributed by atoms with E-state index in [4.69, 9.17) is 0 Å². The highest BCUT2D eigenvalue weighted by Gasteiger charge is 2.59. The molecule has 8 heteroatoms. The Labute approximate surface area is 188 Å². The average molecular weight is 451 g/mol. The minimum atomic E-state index is -1.20. The summed E-state index contributed by atoms with van der Waals surface area (Å²) >= 11 is 1.41. The molecule has 5 rings (SSSR count). The minimum absolute atomic E-state index is 0.222. The molecule has 5 nitrogen and oxygen atoms in total. The van der Waals surface area contributed by atoms with E-state index in [0.29, 0.717) is 18.0 Å². The molecule has 0 radical (unpaired) electrons. The molecular weight excluding hydrogens is 432 g/mol. The lowest BCUT2D eigenvalue weighted by molar-refractivity contribution is -0.123. The number of anilines is 2. The van der Waals surface area contributed by atoms with Gasteiger partial charge in [0.1, 0.15) is 11.6 Å². The maximum absolute atomic E-state index is 13.8. The van der Waals surface area contributed by atoms with Crippen LogP contribution in [0, 0.1) is 11.6 Å². The number of hydrogen-bond acceptors (Lipinski definition) is 3. The molecule has 0 aliphatic carbocycles. The number of thioether (sulfide) groups is 1. The van der Waals surface area contributed by atoms with Gasteiger partial charge in [0.2, 0.25) is 0 Å². The zero-order chi connectivity index (χ0) is 22.3. The number of nitrogens with one attached hydrogen (secondary N) is 1. The third-order valence-corrected chi connectivity index (χ3v) is 7.10. The van der Waals surface area contributed by atoms with Crippen molar-refractivity contribution in [3.8, 4) is 0 Å². The van der Waals surface area contributed by atoms with Gasteiger partial charge < -0.3 is 10.2 Å². The van der Waals surface area contributed by atoms with Crippen LogP contribution in [-0.2, 0) is 16.2 Å². The summed E-state index contributed by atoms with van der Waals surface area (Å²) < 4.78 is 26.9. The van der Waals surface area contributed by atoms with Crippen molar-refractivity contribution >= 4 is 35.1 Å². The Bertz CT molecular complexity index is 1200. The van der Waals surface area contributed by atoms with E-state index in [1.807, 2.05) is 24.3 Å². The van der Waals surface area contributed by atoms with Gasteiger partial charge in [0.05, 0.1) is 12.2 Å². The first-order chi connectivity index (χ1) is 15.5. The van der Waals surface area contributed by atoms with E-state index in [0.717, 1.165) is 16.8 Å². The maximum Gasteiger partial charge on any atom is 0.323 e. The fourth-order valence-electron chi connectivity index (χ4n) is 4.25. The smallest absolute Gasteiger partial charge is 0.308 e. The number of hydrogen-bond donors (Lipinski definition) is 1. The number of amides is 3. The SMILES string of the molecule is O=C(Nc1cccc(F)c1)N1CCS[C@]12C(=O)N(Cc1ccc(F)cc1)c1ccccc12. The van der Waals surface area contributed by atoms with Gasteiger partial charge in [-0.25, -0.2) is 13.6 Å². The summed E-state index contributed by atoms with van der Waals surface area (Å²) in [4.78, 5) is 29.0. The predicted octanol–water partition coefficient (Wildman–Crippen LogP) is 4.95. The number of urea groups is 1. The van der Waals surface area contributed by atoms with Gasteiger partial charge in [-0.3, -0.25) is 9.69 Å². The molecule has 2 heterocycles. The highest BCUT2D eigenvalue weighted by atomic mass is 32.2. The van der Waals surface area contributed by atoms with Crippen LogP contribution in [-0.4, -0.2) is 29.1 Å². The van der Waals surface area contributed by atoms with Crippen molar-refractivity contribution in [2.24, 2.45) is 0 Å². The standard InChI is InChI=1S/C24H19F2N3O2S/c25-17-10-8-16(9-11-17)15-28-21-7-2-1-6-20(21)24(22(28)30)29(12-13-32-24)23(31)27-19-5-3-4-18(26)14-19/h1-11,14H,12-13,15H2,(H,27,31)/t24-/m1/s1. The molecule has 162 valence electrons. The second-order valence-corrected chi connectivity index (χ2v) is 8.91. The van der Waals surface area contributed by atoms with Crippen molar-refractivity contribution < 1.29 is 18.4 Å². The van der Waals surface area contributed by atoms with Gasteiger partial charge in [-0.05, 0) is 42.0 Å². The number of benzene rings is 3. The van der Waals surface area contributed by atoms with Gasteiger partial charge in [-0.1, -0.05) is 36.4 Å². The van der Waals surface area contributed by atoms with E-state index in [1.165, 1.54) is 47.0 Å². The van der Waals surface area contributed by atoms with E-state index < -0.39 is 16.7 Å². The van der Waals surface area contributed by atoms with E-state index in [1.54, 1.807) is 23.1 Å². The molecule has 3 aromatic rings. The molecule has 1 N–H and O–H groups in total. The lowest BCUT2D eigenvalue weighted by atomic mass is 10.1. The highest BCUT2D eigenvalue weighted by Crippen LogP contribution is 2.54. The molecule has 3 aromatic carbocycles. The van der Waals surface area contributed by atoms with E-state index in [-0.39, 0.29) is 18.3 Å². The average Bonchev–Trinajstić information content (AvgIpc) is 3.33. The zero-order valence-corrected chi connectivity index (χ0v) is 17.7. The molecule has 1 atom stereocenters. The topological polar surface area (TPSA) is 52.7 Å². The lowest BCUT2D eigenvalue weighted by Gasteiger charge is -2.33. The molecule has 1 fully saturated rings. The molecule has 1 spiro atoms. The quantitative estimate of drug-likeness (QED) is 0.613. The fraction of sp³-hybridized carbons (Fsp3) is 0.167. The van der Waals surface area contributed by atoms with Gasteiger partial charge in [0, 0.05) is 23.5 Å². The van der Waals surface area contributed by atoms with Crippen molar-refractivity contribution in [1.82, 2.24) is 4.90 Å². The van der Waals surface area contributed by atoms with Crippen LogP contribution in [0.4, 0.5) is 25.0 Å². The maximum atomic E-state index is 13.8. The van der Waals surface area contributed by atoms with Crippen molar-refractivity contribution in [1.29, 1.82) is 0 Å². The summed E-state index contributed by atoms with van der Waals surface area (Å²) in [5, 5.41) is 2.72. The molecule has 2 aliphatic heterocycles. The normalized spacial score (nSPS) is 19.5. The van der Waals surface area contributed by atoms with Gasteiger partial charge >= 0.3 is 6.03 Å². The monoisotopic (exact) mass is 451 g/mol. The molecule has 0 aromatic heterocycles. The van der Waals surface area contributed by atoms with Crippen molar-refractivity contribution in [2.45, 2.75) is 11.4 Å². The number of rotatable bonds is 3. The summed E-state index contributed by atoms with van der Waals surface area (Å²) in [6.45, 7) is 0.633. The second-order valence-electron chi connectivity index (χ2n) is 7.62. The van der Waals surface area contributed by atoms with Gasteiger partial charge in [0.15, 0.2) is 4.87 Å². The molecule has 32 heavy (non-hydrogen) atoms. The Balaban J connectivity index is 1.50. The molecule has 0 bridgehead atoms. The summed E-state index contributed by atoms with van der Waals surface area (Å²) in [6, 6.07) is 18.6. The highest BCUT2D eigenvalue weighted by molar-refractivity contribution is 8.01. The predicted molar refractivity (Wildman–Crippen MR) is 120 cm³/mol. The molecular formula is C24H19F2N3O2S. The first kappa shape index (κ1) is 20.5. The number of para-hydroxylation sites is 1. The summed E-state index contributed by atoms with van der Waals surface area (Å²) in [5.41, 5.74) is 2.57. The van der Waals surface area contributed by atoms with Crippen LogP contribution in [0.5, 0.6) is 0 Å². The fourth-order valence-corrected chi connectivity index (χ4v) is 5.72. The van der Waals surface area contributed by atoms with Crippen LogP contribution in [0.3, 0.4) is 0 Å². The molecule has 0 unspecified atom stereocenters. The lowest BCUT2D eigenvalue weighted by Crippen LogP contribution is -2.51. The van der Waals surface area contributed by atoms with E-state index >= 15 is 0 Å². The third-order valence-electron chi connectivity index (χ3n) is 5.68. The molecule has 1 saturated heterocycles. The van der Waals surface area contributed by atoms with Gasteiger partial charge in [-0.15, -0.1) is 11.8 Å². The number of nitrogens with zero attached hydrogens (tertiary/aromatic N) is 2.